The van der Waals surface area contributed by atoms with Gasteiger partial charge in [0.05, 0.1) is 0 Å². The Hall–Kier alpha value is -1.90. The summed E-state index contributed by atoms with van der Waals surface area (Å²) < 4.78 is 0. The molecule has 0 fully saturated rings. The van der Waals surface area contributed by atoms with E-state index in [1.165, 1.54) is 26.4 Å². The molecule has 1 aromatic heterocycles. The van der Waals surface area contributed by atoms with Crippen LogP contribution in [0.3, 0.4) is 0 Å². The van der Waals surface area contributed by atoms with Crippen molar-refractivity contribution in [3.63, 3.8) is 0 Å². The van der Waals surface area contributed by atoms with Gasteiger partial charge in [0.15, 0.2) is 0 Å². The molecule has 0 atom stereocenters. The minimum absolute atomic E-state index is 0.593. The summed E-state index contributed by atoms with van der Waals surface area (Å²) in [5.74, 6) is 0. The van der Waals surface area contributed by atoms with Gasteiger partial charge in [0, 0.05) is 22.7 Å². The quantitative estimate of drug-likeness (QED) is 0.749. The number of thiophene rings is 1. The van der Waals surface area contributed by atoms with Crippen LogP contribution in [-0.2, 0) is 13.0 Å². The van der Waals surface area contributed by atoms with E-state index in [0.29, 0.717) is 6.54 Å². The average Bonchev–Trinajstić information content (AvgIpc) is 2.97. The topological polar surface area (TPSA) is 26.0 Å². The fourth-order valence-electron chi connectivity index (χ4n) is 2.28. The largest absolute Gasteiger partial charge is 0.326 e. The Morgan fingerprint density at radius 2 is 1.60 bits per heavy atom. The zero-order chi connectivity index (χ0) is 13.8. The molecule has 0 aliphatic heterocycles. The Kier molecular flexibility index (Phi) is 3.95. The summed E-state index contributed by atoms with van der Waals surface area (Å²) in [5, 5.41) is 0. The minimum atomic E-state index is 0.593. The van der Waals surface area contributed by atoms with E-state index in [1.54, 1.807) is 0 Å². The van der Waals surface area contributed by atoms with Crippen LogP contribution >= 0.6 is 11.3 Å². The third kappa shape index (κ3) is 2.98. The molecule has 1 nitrogen and oxygen atoms in total. The van der Waals surface area contributed by atoms with Gasteiger partial charge in [-0.2, -0.15) is 0 Å². The lowest BCUT2D eigenvalue weighted by atomic mass is 10.1. The molecule has 0 spiro atoms. The summed E-state index contributed by atoms with van der Waals surface area (Å²) in [7, 11) is 0. The summed E-state index contributed by atoms with van der Waals surface area (Å²) in [6.45, 7) is 0.593. The number of benzene rings is 2. The van der Waals surface area contributed by atoms with E-state index in [-0.39, 0.29) is 0 Å². The first-order valence-electron chi connectivity index (χ1n) is 6.77. The van der Waals surface area contributed by atoms with Gasteiger partial charge in [-0.25, -0.2) is 0 Å². The van der Waals surface area contributed by atoms with Crippen LogP contribution in [0.15, 0.2) is 66.7 Å². The predicted octanol–water partition coefficient (Wildman–Crippen LogP) is 4.46. The molecule has 2 N–H and O–H groups in total. The van der Waals surface area contributed by atoms with Gasteiger partial charge in [0.1, 0.15) is 0 Å². The second-order valence-electron chi connectivity index (χ2n) is 4.83. The van der Waals surface area contributed by atoms with Gasteiger partial charge in [0.2, 0.25) is 0 Å². The molecule has 1 heterocycles. The van der Waals surface area contributed by atoms with Crippen molar-refractivity contribution in [3.05, 3.63) is 82.7 Å². The lowest BCUT2D eigenvalue weighted by Gasteiger charge is -2.01. The van der Waals surface area contributed by atoms with Crippen molar-refractivity contribution < 1.29 is 0 Å². The van der Waals surface area contributed by atoms with Crippen LogP contribution < -0.4 is 5.73 Å². The third-order valence-corrected chi connectivity index (χ3v) is 4.46. The molecule has 3 rings (SSSR count). The van der Waals surface area contributed by atoms with E-state index in [4.69, 9.17) is 5.73 Å². The number of nitrogens with two attached hydrogens (primary N) is 1. The molecule has 2 aromatic carbocycles. The second kappa shape index (κ2) is 6.04. The zero-order valence-corrected chi connectivity index (χ0v) is 12.1. The monoisotopic (exact) mass is 279 g/mol. The van der Waals surface area contributed by atoms with E-state index < -0.39 is 0 Å². The summed E-state index contributed by atoms with van der Waals surface area (Å²) in [4.78, 5) is 2.70. The van der Waals surface area contributed by atoms with Crippen molar-refractivity contribution >= 4 is 11.3 Å². The van der Waals surface area contributed by atoms with Crippen molar-refractivity contribution in [1.29, 1.82) is 0 Å². The zero-order valence-electron chi connectivity index (χ0n) is 11.3. The Labute approximate surface area is 123 Å². The molecular weight excluding hydrogens is 262 g/mol. The molecular formula is C18H17NS. The molecule has 20 heavy (non-hydrogen) atoms. The Balaban J connectivity index is 1.83. The highest BCUT2D eigenvalue weighted by atomic mass is 32.1. The third-order valence-electron chi connectivity index (χ3n) is 3.33. The van der Waals surface area contributed by atoms with E-state index in [0.717, 1.165) is 6.42 Å². The maximum Gasteiger partial charge on any atom is 0.0345 e. The van der Waals surface area contributed by atoms with Crippen molar-refractivity contribution in [3.8, 4) is 10.4 Å². The number of hydrogen-bond acceptors (Lipinski definition) is 2. The smallest absolute Gasteiger partial charge is 0.0345 e. The SMILES string of the molecule is NCc1cccc(-c2ccc(Cc3ccccc3)s2)c1. The highest BCUT2D eigenvalue weighted by Gasteiger charge is 2.04. The molecule has 0 aliphatic rings. The molecule has 3 aromatic rings. The molecule has 0 aliphatic carbocycles. The highest BCUT2D eigenvalue weighted by molar-refractivity contribution is 7.15. The van der Waals surface area contributed by atoms with Crippen molar-refractivity contribution in [2.75, 3.05) is 0 Å². The summed E-state index contributed by atoms with van der Waals surface area (Å²) in [6, 6.07) is 23.5. The standard InChI is InChI=1S/C18H17NS/c19-13-15-7-4-8-16(11-15)18-10-9-17(20-18)12-14-5-2-1-3-6-14/h1-11H,12-13,19H2. The molecule has 0 unspecified atom stereocenters. The normalized spacial score (nSPS) is 10.7. The van der Waals surface area contributed by atoms with Gasteiger partial charge in [0.25, 0.3) is 0 Å². The van der Waals surface area contributed by atoms with Gasteiger partial charge in [-0.05, 0) is 34.9 Å². The van der Waals surface area contributed by atoms with Crippen LogP contribution in [0.25, 0.3) is 10.4 Å². The van der Waals surface area contributed by atoms with Crippen LogP contribution in [-0.4, -0.2) is 0 Å². The summed E-state index contributed by atoms with van der Waals surface area (Å²) in [5.41, 5.74) is 9.51. The van der Waals surface area contributed by atoms with Crippen molar-refractivity contribution in [1.82, 2.24) is 0 Å². The Morgan fingerprint density at radius 3 is 2.40 bits per heavy atom. The molecule has 0 radical (unpaired) electrons. The van der Waals surface area contributed by atoms with Gasteiger partial charge in [-0.15, -0.1) is 11.3 Å². The minimum Gasteiger partial charge on any atom is -0.326 e. The van der Waals surface area contributed by atoms with Crippen molar-refractivity contribution in [2.45, 2.75) is 13.0 Å². The lowest BCUT2D eigenvalue weighted by Crippen LogP contribution is -1.95. The first-order valence-corrected chi connectivity index (χ1v) is 7.59. The first-order chi connectivity index (χ1) is 9.85. The maximum absolute atomic E-state index is 5.71. The van der Waals surface area contributed by atoms with Gasteiger partial charge in [-0.1, -0.05) is 48.5 Å². The molecule has 0 saturated carbocycles. The molecule has 2 heteroatoms. The van der Waals surface area contributed by atoms with E-state index in [1.807, 2.05) is 11.3 Å². The van der Waals surface area contributed by atoms with E-state index in [2.05, 4.69) is 66.7 Å². The van der Waals surface area contributed by atoms with Crippen LogP contribution in [0.5, 0.6) is 0 Å². The van der Waals surface area contributed by atoms with Crippen LogP contribution in [0.1, 0.15) is 16.0 Å². The van der Waals surface area contributed by atoms with Crippen LogP contribution in [0, 0.1) is 0 Å². The van der Waals surface area contributed by atoms with E-state index in [9.17, 15) is 0 Å². The fraction of sp³-hybridized carbons (Fsp3) is 0.111. The molecule has 100 valence electrons. The van der Waals surface area contributed by atoms with E-state index >= 15 is 0 Å². The lowest BCUT2D eigenvalue weighted by molar-refractivity contribution is 1.07. The summed E-state index contributed by atoms with van der Waals surface area (Å²) in [6.07, 6.45) is 1.00. The van der Waals surface area contributed by atoms with Crippen LogP contribution in [0.4, 0.5) is 0 Å². The maximum atomic E-state index is 5.71. The Morgan fingerprint density at radius 1 is 0.800 bits per heavy atom. The second-order valence-corrected chi connectivity index (χ2v) is 6.00. The van der Waals surface area contributed by atoms with Gasteiger partial charge in [-0.3, -0.25) is 0 Å². The Bertz CT molecular complexity index is 685. The van der Waals surface area contributed by atoms with Gasteiger partial charge < -0.3 is 5.73 Å². The molecule has 0 bridgehead atoms. The van der Waals surface area contributed by atoms with Gasteiger partial charge >= 0.3 is 0 Å². The molecule has 0 amide bonds. The highest BCUT2D eigenvalue weighted by Crippen LogP contribution is 2.29. The molecule has 0 saturated heterocycles. The number of rotatable bonds is 4. The number of hydrogen-bond donors (Lipinski definition) is 1. The predicted molar refractivity (Wildman–Crippen MR) is 86.9 cm³/mol. The van der Waals surface area contributed by atoms with Crippen LogP contribution in [0.2, 0.25) is 0 Å². The fourth-order valence-corrected chi connectivity index (χ4v) is 3.31. The van der Waals surface area contributed by atoms with Crippen molar-refractivity contribution in [2.24, 2.45) is 5.73 Å². The summed E-state index contributed by atoms with van der Waals surface area (Å²) >= 11 is 1.86. The first kappa shape index (κ1) is 13.1. The average molecular weight is 279 g/mol.